The standard InChI is InChI=1S/C15H27NO5/c1-15(2,3)21-14(18)16-8-5-6-12(10-16)11-20-9-7-13(17)19-4/h12H,5-11H2,1-4H3. The summed E-state index contributed by atoms with van der Waals surface area (Å²) in [7, 11) is 1.36. The Balaban J connectivity index is 2.28. The Hall–Kier alpha value is -1.30. The van der Waals surface area contributed by atoms with E-state index in [1.807, 2.05) is 20.8 Å². The third-order valence-corrected chi connectivity index (χ3v) is 3.20. The molecule has 1 aliphatic rings. The number of esters is 1. The largest absolute Gasteiger partial charge is 0.469 e. The molecular weight excluding hydrogens is 274 g/mol. The van der Waals surface area contributed by atoms with E-state index in [-0.39, 0.29) is 18.5 Å². The van der Waals surface area contributed by atoms with Crippen LogP contribution in [-0.4, -0.2) is 56.0 Å². The first-order valence-electron chi connectivity index (χ1n) is 7.44. The lowest BCUT2D eigenvalue weighted by molar-refractivity contribution is -0.141. The van der Waals surface area contributed by atoms with Crippen LogP contribution >= 0.6 is 0 Å². The molecule has 1 rings (SSSR count). The maximum Gasteiger partial charge on any atom is 0.410 e. The smallest absolute Gasteiger partial charge is 0.410 e. The minimum absolute atomic E-state index is 0.262. The second-order valence-corrected chi connectivity index (χ2v) is 6.34. The summed E-state index contributed by atoms with van der Waals surface area (Å²) in [5.41, 5.74) is -0.471. The molecule has 0 aromatic rings. The van der Waals surface area contributed by atoms with E-state index in [0.717, 1.165) is 19.4 Å². The zero-order valence-corrected chi connectivity index (χ0v) is 13.5. The van der Waals surface area contributed by atoms with Gasteiger partial charge in [-0.1, -0.05) is 0 Å². The molecule has 122 valence electrons. The molecule has 0 aromatic carbocycles. The number of carbonyl (C=O) groups excluding carboxylic acids is 2. The van der Waals surface area contributed by atoms with Crippen LogP contribution in [0.25, 0.3) is 0 Å². The predicted molar refractivity (Wildman–Crippen MR) is 78.0 cm³/mol. The van der Waals surface area contributed by atoms with Crippen molar-refractivity contribution in [3.05, 3.63) is 0 Å². The van der Waals surface area contributed by atoms with Gasteiger partial charge in [0.05, 0.1) is 26.7 Å². The lowest BCUT2D eigenvalue weighted by Crippen LogP contribution is -2.43. The fourth-order valence-electron chi connectivity index (χ4n) is 2.20. The van der Waals surface area contributed by atoms with Crippen LogP contribution in [-0.2, 0) is 19.0 Å². The van der Waals surface area contributed by atoms with Crippen LogP contribution in [0.1, 0.15) is 40.0 Å². The third kappa shape index (κ3) is 7.32. The van der Waals surface area contributed by atoms with Crippen molar-refractivity contribution < 1.29 is 23.8 Å². The van der Waals surface area contributed by atoms with Gasteiger partial charge >= 0.3 is 12.1 Å². The highest BCUT2D eigenvalue weighted by molar-refractivity contribution is 5.69. The summed E-state index contributed by atoms with van der Waals surface area (Å²) in [6, 6.07) is 0. The molecule has 0 N–H and O–H groups in total. The SMILES string of the molecule is COC(=O)CCOCC1CCCN(C(=O)OC(C)(C)C)C1. The molecule has 1 heterocycles. The van der Waals surface area contributed by atoms with Crippen LogP contribution in [0, 0.1) is 5.92 Å². The Morgan fingerprint density at radius 1 is 1.29 bits per heavy atom. The molecule has 0 aromatic heterocycles. The summed E-state index contributed by atoms with van der Waals surface area (Å²) >= 11 is 0. The number of rotatable bonds is 5. The molecular formula is C15H27NO5. The Kier molecular flexibility index (Phi) is 6.95. The quantitative estimate of drug-likeness (QED) is 0.575. The zero-order valence-electron chi connectivity index (χ0n) is 13.5. The van der Waals surface area contributed by atoms with Gasteiger partial charge in [0.2, 0.25) is 0 Å². The van der Waals surface area contributed by atoms with E-state index in [2.05, 4.69) is 4.74 Å². The van der Waals surface area contributed by atoms with Gasteiger partial charge in [-0.25, -0.2) is 4.79 Å². The van der Waals surface area contributed by atoms with Gasteiger partial charge in [0.15, 0.2) is 0 Å². The van der Waals surface area contributed by atoms with Crippen molar-refractivity contribution >= 4 is 12.1 Å². The number of methoxy groups -OCH3 is 1. The molecule has 0 bridgehead atoms. The number of hydrogen-bond donors (Lipinski definition) is 0. The van der Waals surface area contributed by atoms with E-state index in [1.54, 1.807) is 4.90 Å². The zero-order chi connectivity index (χ0) is 15.9. The van der Waals surface area contributed by atoms with Crippen molar-refractivity contribution in [2.45, 2.75) is 45.6 Å². The monoisotopic (exact) mass is 301 g/mol. The van der Waals surface area contributed by atoms with Crippen molar-refractivity contribution in [2.75, 3.05) is 33.4 Å². The van der Waals surface area contributed by atoms with Crippen LogP contribution in [0.15, 0.2) is 0 Å². The first kappa shape index (κ1) is 17.8. The van der Waals surface area contributed by atoms with E-state index in [0.29, 0.717) is 25.7 Å². The van der Waals surface area contributed by atoms with Crippen molar-refractivity contribution in [1.29, 1.82) is 0 Å². The van der Waals surface area contributed by atoms with Crippen LogP contribution < -0.4 is 0 Å². The number of amides is 1. The number of likely N-dealkylation sites (tertiary alicyclic amines) is 1. The number of nitrogens with zero attached hydrogens (tertiary/aromatic N) is 1. The second kappa shape index (κ2) is 8.22. The first-order chi connectivity index (χ1) is 9.81. The molecule has 21 heavy (non-hydrogen) atoms. The number of carbonyl (C=O) groups is 2. The van der Waals surface area contributed by atoms with Gasteiger partial charge in [-0.3, -0.25) is 4.79 Å². The predicted octanol–water partition coefficient (Wildman–Crippen LogP) is 2.21. The summed E-state index contributed by atoms with van der Waals surface area (Å²) < 4.78 is 15.4. The molecule has 1 atom stereocenters. The number of ether oxygens (including phenoxy) is 3. The molecule has 6 nitrogen and oxygen atoms in total. The third-order valence-electron chi connectivity index (χ3n) is 3.20. The molecule has 1 aliphatic heterocycles. The van der Waals surface area contributed by atoms with Crippen molar-refractivity contribution in [3.8, 4) is 0 Å². The maximum atomic E-state index is 12.0. The Labute approximate surface area is 126 Å². The molecule has 0 spiro atoms. The van der Waals surface area contributed by atoms with Gasteiger partial charge in [-0.05, 0) is 33.6 Å². The highest BCUT2D eigenvalue weighted by atomic mass is 16.6. The minimum atomic E-state index is -0.471. The van der Waals surface area contributed by atoms with Gasteiger partial charge in [0.1, 0.15) is 5.60 Å². The summed E-state index contributed by atoms with van der Waals surface area (Å²) in [5, 5.41) is 0. The highest BCUT2D eigenvalue weighted by Gasteiger charge is 2.27. The van der Waals surface area contributed by atoms with Crippen LogP contribution in [0.2, 0.25) is 0 Å². The molecule has 1 fully saturated rings. The number of piperidine rings is 1. The summed E-state index contributed by atoms with van der Waals surface area (Å²) in [5.74, 6) is 0.0259. The van der Waals surface area contributed by atoms with Crippen LogP contribution in [0.4, 0.5) is 4.79 Å². The molecule has 1 amide bonds. The van der Waals surface area contributed by atoms with E-state index >= 15 is 0 Å². The van der Waals surface area contributed by atoms with Crippen molar-refractivity contribution in [3.63, 3.8) is 0 Å². The van der Waals surface area contributed by atoms with Gasteiger partial charge in [0.25, 0.3) is 0 Å². The second-order valence-electron chi connectivity index (χ2n) is 6.34. The Morgan fingerprint density at radius 3 is 2.62 bits per heavy atom. The fourth-order valence-corrected chi connectivity index (χ4v) is 2.20. The Bertz CT molecular complexity index is 350. The average molecular weight is 301 g/mol. The summed E-state index contributed by atoms with van der Waals surface area (Å²) in [4.78, 5) is 24.7. The lowest BCUT2D eigenvalue weighted by Gasteiger charge is -2.34. The first-order valence-corrected chi connectivity index (χ1v) is 7.44. The topological polar surface area (TPSA) is 65.1 Å². The maximum absolute atomic E-state index is 12.0. The van der Waals surface area contributed by atoms with Gasteiger partial charge in [0, 0.05) is 19.0 Å². The molecule has 0 radical (unpaired) electrons. The van der Waals surface area contributed by atoms with Crippen LogP contribution in [0.5, 0.6) is 0 Å². The van der Waals surface area contributed by atoms with E-state index < -0.39 is 5.60 Å². The van der Waals surface area contributed by atoms with E-state index in [9.17, 15) is 9.59 Å². The van der Waals surface area contributed by atoms with Crippen LogP contribution in [0.3, 0.4) is 0 Å². The lowest BCUT2D eigenvalue weighted by atomic mass is 9.99. The summed E-state index contributed by atoms with van der Waals surface area (Å²) in [6.45, 7) is 7.87. The van der Waals surface area contributed by atoms with Gasteiger partial charge in [-0.15, -0.1) is 0 Å². The molecule has 0 aliphatic carbocycles. The minimum Gasteiger partial charge on any atom is -0.469 e. The van der Waals surface area contributed by atoms with E-state index in [1.165, 1.54) is 7.11 Å². The Morgan fingerprint density at radius 2 is 2.00 bits per heavy atom. The fraction of sp³-hybridized carbons (Fsp3) is 0.867. The van der Waals surface area contributed by atoms with Gasteiger partial charge in [-0.2, -0.15) is 0 Å². The summed E-state index contributed by atoms with van der Waals surface area (Å²) in [6.07, 6.45) is 1.97. The number of hydrogen-bond acceptors (Lipinski definition) is 5. The average Bonchev–Trinajstić information content (AvgIpc) is 2.41. The van der Waals surface area contributed by atoms with Gasteiger partial charge < -0.3 is 19.1 Å². The molecule has 0 saturated carbocycles. The normalized spacial score (nSPS) is 19.2. The van der Waals surface area contributed by atoms with Crippen molar-refractivity contribution in [2.24, 2.45) is 5.92 Å². The molecule has 6 heteroatoms. The van der Waals surface area contributed by atoms with Crippen molar-refractivity contribution in [1.82, 2.24) is 4.90 Å². The van der Waals surface area contributed by atoms with E-state index in [4.69, 9.17) is 9.47 Å². The molecule has 1 saturated heterocycles. The molecule has 1 unspecified atom stereocenters. The highest BCUT2D eigenvalue weighted by Crippen LogP contribution is 2.19.